The molecule has 1 heterocycles. The smallest absolute Gasteiger partial charge is 0.318 e. The van der Waals surface area contributed by atoms with Crippen LogP contribution in [0, 0.1) is 0 Å². The van der Waals surface area contributed by atoms with Crippen molar-refractivity contribution in [1.29, 1.82) is 0 Å². The number of nitrogens with two attached hydrogens (primary N) is 1. The van der Waals surface area contributed by atoms with Gasteiger partial charge >= 0.3 is 6.03 Å². The third-order valence-electron chi connectivity index (χ3n) is 1.83. The second-order valence-corrected chi connectivity index (χ2v) is 2.66. The van der Waals surface area contributed by atoms with Crippen molar-refractivity contribution in [2.45, 2.75) is 6.17 Å². The zero-order valence-electron chi connectivity index (χ0n) is 6.37. The summed E-state index contributed by atoms with van der Waals surface area (Å²) in [5.41, 5.74) is 7.36. The molecule has 0 radical (unpaired) electrons. The van der Waals surface area contributed by atoms with Crippen LogP contribution in [0.15, 0.2) is 24.3 Å². The Labute approximate surface area is 69.8 Å². The van der Waals surface area contributed by atoms with Gasteiger partial charge in [-0.1, -0.05) is 18.2 Å². The Morgan fingerprint density at radius 1 is 1.33 bits per heavy atom. The van der Waals surface area contributed by atoms with E-state index in [1.165, 1.54) is 0 Å². The molecule has 1 aromatic rings. The highest BCUT2D eigenvalue weighted by Gasteiger charge is 2.19. The van der Waals surface area contributed by atoms with E-state index in [0.717, 1.165) is 11.3 Å². The number of hydrogen-bond donors (Lipinski definition) is 3. The fraction of sp³-hybridized carbons (Fsp3) is 0.125. The number of hydrogen-bond acceptors (Lipinski definition) is 2. The van der Waals surface area contributed by atoms with E-state index < -0.39 is 6.17 Å². The predicted octanol–water partition coefficient (Wildman–Crippen LogP) is 0.779. The van der Waals surface area contributed by atoms with Crippen molar-refractivity contribution in [2.24, 2.45) is 5.73 Å². The summed E-state index contributed by atoms with van der Waals surface area (Å²) in [6.45, 7) is 0. The van der Waals surface area contributed by atoms with E-state index in [4.69, 9.17) is 5.73 Å². The monoisotopic (exact) mass is 163 g/mol. The molecule has 2 rings (SSSR count). The van der Waals surface area contributed by atoms with Gasteiger partial charge < -0.3 is 16.4 Å². The Morgan fingerprint density at radius 2 is 2.08 bits per heavy atom. The first-order chi connectivity index (χ1) is 5.77. The number of anilines is 1. The molecule has 0 spiro atoms. The van der Waals surface area contributed by atoms with Crippen LogP contribution in [0.4, 0.5) is 10.5 Å². The third-order valence-corrected chi connectivity index (χ3v) is 1.83. The van der Waals surface area contributed by atoms with Crippen molar-refractivity contribution in [3.63, 3.8) is 0 Å². The molecular formula is C8H9N3O. The van der Waals surface area contributed by atoms with Crippen molar-refractivity contribution >= 4 is 11.7 Å². The first-order valence-corrected chi connectivity index (χ1v) is 3.69. The standard InChI is InChI=1S/C8H9N3O/c9-7-5-3-1-2-4-6(5)10-8(12)11-7/h1-4,7H,9H2,(H2,10,11,12). The quantitative estimate of drug-likeness (QED) is 0.529. The molecule has 1 aliphatic rings. The highest BCUT2D eigenvalue weighted by atomic mass is 16.2. The number of para-hydroxylation sites is 1. The summed E-state index contributed by atoms with van der Waals surface area (Å²) in [6.07, 6.45) is -0.394. The molecule has 0 bridgehead atoms. The van der Waals surface area contributed by atoms with Gasteiger partial charge in [0.1, 0.15) is 6.17 Å². The normalized spacial score (nSPS) is 20.8. The van der Waals surface area contributed by atoms with Gasteiger partial charge in [-0.3, -0.25) is 0 Å². The van der Waals surface area contributed by atoms with Crippen molar-refractivity contribution in [1.82, 2.24) is 5.32 Å². The summed E-state index contributed by atoms with van der Waals surface area (Å²) in [5.74, 6) is 0. The van der Waals surface area contributed by atoms with E-state index >= 15 is 0 Å². The minimum Gasteiger partial charge on any atom is -0.318 e. The Bertz CT molecular complexity index is 324. The maximum atomic E-state index is 10.9. The van der Waals surface area contributed by atoms with Crippen LogP contribution in [-0.2, 0) is 0 Å². The highest BCUT2D eigenvalue weighted by Crippen LogP contribution is 2.22. The molecule has 1 aromatic carbocycles. The van der Waals surface area contributed by atoms with Crippen LogP contribution >= 0.6 is 0 Å². The summed E-state index contributed by atoms with van der Waals surface area (Å²) >= 11 is 0. The van der Waals surface area contributed by atoms with Crippen molar-refractivity contribution in [3.05, 3.63) is 29.8 Å². The van der Waals surface area contributed by atoms with Gasteiger partial charge in [-0.05, 0) is 6.07 Å². The molecule has 0 fully saturated rings. The van der Waals surface area contributed by atoms with Gasteiger partial charge in [0.25, 0.3) is 0 Å². The molecule has 1 unspecified atom stereocenters. The molecule has 12 heavy (non-hydrogen) atoms. The third kappa shape index (κ3) is 1.02. The summed E-state index contributed by atoms with van der Waals surface area (Å²) in [6, 6.07) is 7.20. The topological polar surface area (TPSA) is 67.1 Å². The van der Waals surface area contributed by atoms with Gasteiger partial charge in [-0.15, -0.1) is 0 Å². The van der Waals surface area contributed by atoms with Gasteiger partial charge in [0.15, 0.2) is 0 Å². The predicted molar refractivity (Wildman–Crippen MR) is 45.5 cm³/mol. The molecule has 4 heteroatoms. The van der Waals surface area contributed by atoms with E-state index in [9.17, 15) is 4.79 Å². The minimum absolute atomic E-state index is 0.249. The van der Waals surface area contributed by atoms with Crippen LogP contribution in [0.2, 0.25) is 0 Å². The minimum atomic E-state index is -0.394. The number of carbonyl (C=O) groups is 1. The Kier molecular flexibility index (Phi) is 1.48. The van der Waals surface area contributed by atoms with Gasteiger partial charge in [0, 0.05) is 11.3 Å². The number of carbonyl (C=O) groups excluding carboxylic acids is 1. The molecule has 1 atom stereocenters. The van der Waals surface area contributed by atoms with E-state index in [1.807, 2.05) is 24.3 Å². The van der Waals surface area contributed by atoms with Crippen LogP contribution in [0.1, 0.15) is 11.7 Å². The van der Waals surface area contributed by atoms with E-state index in [-0.39, 0.29) is 6.03 Å². The molecule has 1 aliphatic heterocycles. The lowest BCUT2D eigenvalue weighted by Gasteiger charge is -2.23. The molecule has 0 aliphatic carbocycles. The molecule has 4 nitrogen and oxygen atoms in total. The summed E-state index contributed by atoms with van der Waals surface area (Å²) < 4.78 is 0. The summed E-state index contributed by atoms with van der Waals surface area (Å²) in [5, 5.41) is 5.22. The highest BCUT2D eigenvalue weighted by molar-refractivity contribution is 5.92. The molecule has 0 saturated heterocycles. The second kappa shape index (κ2) is 2.49. The van der Waals surface area contributed by atoms with Crippen LogP contribution in [-0.4, -0.2) is 6.03 Å². The van der Waals surface area contributed by atoms with Gasteiger partial charge in [-0.2, -0.15) is 0 Å². The van der Waals surface area contributed by atoms with Crippen molar-refractivity contribution in [3.8, 4) is 0 Å². The van der Waals surface area contributed by atoms with E-state index in [1.54, 1.807) is 0 Å². The van der Waals surface area contributed by atoms with Crippen LogP contribution < -0.4 is 16.4 Å². The number of amides is 2. The Hall–Kier alpha value is -1.55. The molecule has 0 saturated carbocycles. The number of fused-ring (bicyclic) bond motifs is 1. The van der Waals surface area contributed by atoms with Crippen molar-refractivity contribution in [2.75, 3.05) is 5.32 Å². The molecule has 0 aromatic heterocycles. The van der Waals surface area contributed by atoms with Crippen LogP contribution in [0.3, 0.4) is 0 Å². The number of benzene rings is 1. The number of urea groups is 1. The first kappa shape index (κ1) is 7.12. The van der Waals surface area contributed by atoms with Gasteiger partial charge in [-0.25, -0.2) is 4.79 Å². The number of nitrogens with one attached hydrogen (secondary N) is 2. The lowest BCUT2D eigenvalue weighted by Crippen LogP contribution is -2.41. The second-order valence-electron chi connectivity index (χ2n) is 2.66. The van der Waals surface area contributed by atoms with Gasteiger partial charge in [0.2, 0.25) is 0 Å². The lowest BCUT2D eigenvalue weighted by atomic mass is 10.1. The van der Waals surface area contributed by atoms with Gasteiger partial charge in [0.05, 0.1) is 0 Å². The molecule has 4 N–H and O–H groups in total. The zero-order chi connectivity index (χ0) is 8.55. The molecular weight excluding hydrogens is 154 g/mol. The summed E-state index contributed by atoms with van der Waals surface area (Å²) in [4.78, 5) is 10.9. The van der Waals surface area contributed by atoms with Crippen LogP contribution in [0.5, 0.6) is 0 Å². The fourth-order valence-electron chi connectivity index (χ4n) is 1.26. The zero-order valence-corrected chi connectivity index (χ0v) is 6.37. The first-order valence-electron chi connectivity index (χ1n) is 3.69. The maximum Gasteiger partial charge on any atom is 0.320 e. The van der Waals surface area contributed by atoms with E-state index in [0.29, 0.717) is 0 Å². The Balaban J connectivity index is 2.47. The van der Waals surface area contributed by atoms with Crippen molar-refractivity contribution < 1.29 is 4.79 Å². The number of rotatable bonds is 0. The average molecular weight is 163 g/mol. The average Bonchev–Trinajstić information content (AvgIpc) is 2.04. The van der Waals surface area contributed by atoms with E-state index in [2.05, 4.69) is 10.6 Å². The Morgan fingerprint density at radius 3 is 2.92 bits per heavy atom. The maximum absolute atomic E-state index is 10.9. The largest absolute Gasteiger partial charge is 0.320 e. The summed E-state index contributed by atoms with van der Waals surface area (Å²) in [7, 11) is 0. The molecule has 62 valence electrons. The SMILES string of the molecule is NC1NC(=O)Nc2ccccc21. The lowest BCUT2D eigenvalue weighted by molar-refractivity contribution is 0.247. The van der Waals surface area contributed by atoms with Crippen LogP contribution in [0.25, 0.3) is 0 Å². The molecule has 2 amide bonds. The fourth-order valence-corrected chi connectivity index (χ4v) is 1.26.